The molecule has 0 radical (unpaired) electrons. The van der Waals surface area contributed by atoms with E-state index in [9.17, 15) is 10.1 Å². The zero-order valence-electron chi connectivity index (χ0n) is 13.2. The monoisotopic (exact) mass is 305 g/mol. The number of amides is 1. The first-order valence-electron chi connectivity index (χ1n) is 6.93. The van der Waals surface area contributed by atoms with Gasteiger partial charge in [-0.25, -0.2) is 4.79 Å². The van der Waals surface area contributed by atoms with Crippen molar-refractivity contribution < 1.29 is 18.7 Å². The normalized spacial score (nSPS) is 14.6. The molecule has 0 unspecified atom stereocenters. The molecule has 2 rings (SSSR count). The maximum Gasteiger partial charge on any atom is 0.410 e. The van der Waals surface area contributed by atoms with Crippen LogP contribution in [0.15, 0.2) is 9.41 Å². The molecular formula is C15H19N3O4. The van der Waals surface area contributed by atoms with Crippen molar-refractivity contribution in [3.8, 4) is 6.07 Å². The molecule has 0 bridgehead atoms. The number of methoxy groups -OCH3 is 1. The van der Waals surface area contributed by atoms with Gasteiger partial charge in [0.1, 0.15) is 23.0 Å². The highest BCUT2D eigenvalue weighted by Crippen LogP contribution is 2.33. The molecule has 7 heteroatoms. The molecule has 1 aliphatic heterocycles. The lowest BCUT2D eigenvalue weighted by molar-refractivity contribution is 0.0209. The van der Waals surface area contributed by atoms with E-state index in [1.54, 1.807) is 4.90 Å². The summed E-state index contributed by atoms with van der Waals surface area (Å²) in [5, 5.41) is 9.26. The van der Waals surface area contributed by atoms with Crippen molar-refractivity contribution >= 4 is 18.4 Å². The number of aliphatic imine (C=N–C) groups is 1. The average molecular weight is 305 g/mol. The molecule has 0 aromatic carbocycles. The van der Waals surface area contributed by atoms with E-state index in [1.165, 1.54) is 13.5 Å². The maximum absolute atomic E-state index is 12.1. The fourth-order valence-electron chi connectivity index (χ4n) is 2.18. The number of carbonyl (C=O) groups excluding carboxylic acids is 1. The highest BCUT2D eigenvalue weighted by atomic mass is 16.6. The Labute approximate surface area is 129 Å². The quantitative estimate of drug-likeness (QED) is 0.619. The van der Waals surface area contributed by atoms with Crippen LogP contribution in [0.2, 0.25) is 0 Å². The summed E-state index contributed by atoms with van der Waals surface area (Å²) in [4.78, 5) is 17.6. The van der Waals surface area contributed by atoms with Gasteiger partial charge < -0.3 is 18.8 Å². The van der Waals surface area contributed by atoms with Gasteiger partial charge in [0, 0.05) is 12.1 Å². The van der Waals surface area contributed by atoms with Crippen LogP contribution in [0.5, 0.6) is 0 Å². The van der Waals surface area contributed by atoms with Gasteiger partial charge in [0.05, 0.1) is 13.7 Å². The number of hydrogen-bond acceptors (Lipinski definition) is 6. The third kappa shape index (κ3) is 3.39. The van der Waals surface area contributed by atoms with Crippen LogP contribution in [-0.2, 0) is 22.4 Å². The number of fused-ring (bicyclic) bond motifs is 1. The van der Waals surface area contributed by atoms with Gasteiger partial charge in [-0.2, -0.15) is 10.3 Å². The Morgan fingerprint density at radius 3 is 2.82 bits per heavy atom. The highest BCUT2D eigenvalue weighted by Gasteiger charge is 2.30. The van der Waals surface area contributed by atoms with E-state index in [2.05, 4.69) is 11.1 Å². The molecule has 0 atom stereocenters. The SMILES string of the molecule is COC=Nc1oc2c(c1C#N)CCN(C(=O)OC(C)(C)C)C2. The number of nitriles is 1. The van der Waals surface area contributed by atoms with Crippen molar-refractivity contribution in [3.05, 3.63) is 16.9 Å². The van der Waals surface area contributed by atoms with Crippen LogP contribution in [0.4, 0.5) is 10.7 Å². The second-order valence-corrected chi connectivity index (χ2v) is 5.92. The van der Waals surface area contributed by atoms with Crippen LogP contribution in [0.25, 0.3) is 0 Å². The van der Waals surface area contributed by atoms with Crippen molar-refractivity contribution in [1.29, 1.82) is 5.26 Å². The van der Waals surface area contributed by atoms with Gasteiger partial charge in [0.15, 0.2) is 6.40 Å². The molecule has 0 spiro atoms. The fourth-order valence-corrected chi connectivity index (χ4v) is 2.18. The standard InChI is InChI=1S/C15H19N3O4/c1-15(2,3)22-14(19)18-6-5-10-11(7-16)13(17-9-20-4)21-12(10)8-18/h9H,5-6,8H2,1-4H3. The zero-order chi connectivity index (χ0) is 16.3. The minimum atomic E-state index is -0.549. The van der Waals surface area contributed by atoms with Crippen LogP contribution in [0, 0.1) is 11.3 Å². The largest absolute Gasteiger partial charge is 0.486 e. The number of hydrogen-bond donors (Lipinski definition) is 0. The third-order valence-electron chi connectivity index (χ3n) is 3.08. The predicted octanol–water partition coefficient (Wildman–Crippen LogP) is 2.75. The summed E-state index contributed by atoms with van der Waals surface area (Å²) in [6.07, 6.45) is 1.34. The molecule has 1 aromatic heterocycles. The van der Waals surface area contributed by atoms with E-state index >= 15 is 0 Å². The lowest BCUT2D eigenvalue weighted by Crippen LogP contribution is -2.39. The van der Waals surface area contributed by atoms with Gasteiger partial charge in [0.2, 0.25) is 5.88 Å². The summed E-state index contributed by atoms with van der Waals surface area (Å²) in [7, 11) is 1.46. The molecule has 118 valence electrons. The summed E-state index contributed by atoms with van der Waals surface area (Å²) in [6, 6.07) is 2.10. The van der Waals surface area contributed by atoms with Crippen LogP contribution < -0.4 is 0 Å². The van der Waals surface area contributed by atoms with Crippen molar-refractivity contribution in [2.45, 2.75) is 39.3 Å². The van der Waals surface area contributed by atoms with Crippen LogP contribution in [-0.4, -0.2) is 36.6 Å². The first-order chi connectivity index (χ1) is 10.4. The molecule has 1 aliphatic rings. The number of nitrogens with zero attached hydrogens (tertiary/aromatic N) is 3. The molecule has 0 aliphatic carbocycles. The second kappa shape index (κ2) is 6.10. The Morgan fingerprint density at radius 1 is 1.50 bits per heavy atom. The van der Waals surface area contributed by atoms with Crippen molar-refractivity contribution in [1.82, 2.24) is 4.90 Å². The number of rotatable bonds is 2. The summed E-state index contributed by atoms with van der Waals surface area (Å²) in [6.45, 7) is 6.19. The Hall–Kier alpha value is -2.49. The molecular weight excluding hydrogens is 286 g/mol. The number of ether oxygens (including phenoxy) is 2. The van der Waals surface area contributed by atoms with E-state index in [4.69, 9.17) is 13.9 Å². The summed E-state index contributed by atoms with van der Waals surface area (Å²) >= 11 is 0. The van der Waals surface area contributed by atoms with E-state index in [-0.39, 0.29) is 12.4 Å². The molecule has 1 amide bonds. The summed E-state index contributed by atoms with van der Waals surface area (Å²) in [5.74, 6) is 0.775. The van der Waals surface area contributed by atoms with E-state index < -0.39 is 11.7 Å². The summed E-state index contributed by atoms with van der Waals surface area (Å²) < 4.78 is 15.7. The van der Waals surface area contributed by atoms with Gasteiger partial charge in [-0.15, -0.1) is 0 Å². The van der Waals surface area contributed by atoms with Gasteiger partial charge in [0.25, 0.3) is 0 Å². The Bertz CT molecular complexity index is 634. The maximum atomic E-state index is 12.1. The molecule has 22 heavy (non-hydrogen) atoms. The molecule has 0 saturated heterocycles. The topological polar surface area (TPSA) is 88.1 Å². The van der Waals surface area contributed by atoms with Crippen LogP contribution in [0.3, 0.4) is 0 Å². The summed E-state index contributed by atoms with van der Waals surface area (Å²) in [5.41, 5.74) is 0.643. The van der Waals surface area contributed by atoms with Crippen molar-refractivity contribution in [3.63, 3.8) is 0 Å². The lowest BCUT2D eigenvalue weighted by atomic mass is 10.0. The smallest absolute Gasteiger partial charge is 0.410 e. The minimum Gasteiger partial charge on any atom is -0.486 e. The van der Waals surface area contributed by atoms with Gasteiger partial charge >= 0.3 is 6.09 Å². The lowest BCUT2D eigenvalue weighted by Gasteiger charge is -2.29. The Kier molecular flexibility index (Phi) is 4.40. The molecule has 0 N–H and O–H groups in total. The minimum absolute atomic E-state index is 0.209. The van der Waals surface area contributed by atoms with Crippen molar-refractivity contribution in [2.24, 2.45) is 4.99 Å². The first-order valence-corrected chi connectivity index (χ1v) is 6.93. The fraction of sp³-hybridized carbons (Fsp3) is 0.533. The number of carbonyl (C=O) groups is 1. The molecule has 7 nitrogen and oxygen atoms in total. The van der Waals surface area contributed by atoms with E-state index in [0.29, 0.717) is 24.3 Å². The third-order valence-corrected chi connectivity index (χ3v) is 3.08. The van der Waals surface area contributed by atoms with E-state index in [1.807, 2.05) is 20.8 Å². The van der Waals surface area contributed by atoms with Gasteiger partial charge in [-0.1, -0.05) is 0 Å². The predicted molar refractivity (Wildman–Crippen MR) is 78.9 cm³/mol. The van der Waals surface area contributed by atoms with Gasteiger partial charge in [-0.3, -0.25) is 0 Å². The zero-order valence-corrected chi connectivity index (χ0v) is 13.2. The second-order valence-electron chi connectivity index (χ2n) is 5.92. The Morgan fingerprint density at radius 2 is 2.23 bits per heavy atom. The molecule has 0 saturated carbocycles. The average Bonchev–Trinajstić information content (AvgIpc) is 2.79. The highest BCUT2D eigenvalue weighted by molar-refractivity contribution is 5.69. The van der Waals surface area contributed by atoms with Gasteiger partial charge in [-0.05, 0) is 27.2 Å². The Balaban J connectivity index is 2.21. The van der Waals surface area contributed by atoms with Crippen LogP contribution >= 0.6 is 0 Å². The molecule has 1 aromatic rings. The molecule has 2 heterocycles. The first kappa shape index (κ1) is 15.9. The number of furan rings is 1. The van der Waals surface area contributed by atoms with Crippen LogP contribution in [0.1, 0.15) is 37.7 Å². The molecule has 0 fully saturated rings. The van der Waals surface area contributed by atoms with E-state index in [0.717, 1.165) is 5.56 Å². The van der Waals surface area contributed by atoms with Crippen molar-refractivity contribution in [2.75, 3.05) is 13.7 Å².